The first kappa shape index (κ1) is 15.8. The lowest BCUT2D eigenvalue weighted by molar-refractivity contribution is -0.143. The molecule has 6 nitrogen and oxygen atoms in total. The van der Waals surface area contributed by atoms with Crippen LogP contribution in [0, 0.1) is 12.8 Å². The van der Waals surface area contributed by atoms with E-state index in [9.17, 15) is 9.59 Å². The monoisotopic (exact) mass is 311 g/mol. The minimum atomic E-state index is -0.770. The molecule has 116 valence electrons. The van der Waals surface area contributed by atoms with Gasteiger partial charge in [0, 0.05) is 17.1 Å². The second-order valence-electron chi connectivity index (χ2n) is 5.57. The van der Waals surface area contributed by atoms with Gasteiger partial charge >= 0.3 is 12.0 Å². The van der Waals surface area contributed by atoms with Crippen LogP contribution in [0.25, 0.3) is 0 Å². The zero-order valence-electron chi connectivity index (χ0n) is 12.3. The van der Waals surface area contributed by atoms with Gasteiger partial charge in [0.2, 0.25) is 0 Å². The molecule has 0 aromatic carbocycles. The quantitative estimate of drug-likeness (QED) is 0.796. The zero-order valence-corrected chi connectivity index (χ0v) is 13.1. The average Bonchev–Trinajstić information content (AvgIpc) is 2.85. The number of carboxylic acids is 1. The highest BCUT2D eigenvalue weighted by Gasteiger charge is 2.28. The van der Waals surface area contributed by atoms with Crippen molar-refractivity contribution in [1.29, 1.82) is 0 Å². The predicted octanol–water partition coefficient (Wildman–Crippen LogP) is 2.46. The van der Waals surface area contributed by atoms with E-state index in [2.05, 4.69) is 15.6 Å². The number of hydrogen-bond donors (Lipinski definition) is 3. The van der Waals surface area contributed by atoms with Crippen LogP contribution in [0.3, 0.4) is 0 Å². The summed E-state index contributed by atoms with van der Waals surface area (Å²) in [7, 11) is 0. The van der Waals surface area contributed by atoms with E-state index >= 15 is 0 Å². The van der Waals surface area contributed by atoms with Crippen LogP contribution in [0.2, 0.25) is 0 Å². The number of carbonyl (C=O) groups is 2. The maximum atomic E-state index is 12.0. The lowest BCUT2D eigenvalue weighted by Gasteiger charge is -2.27. The summed E-state index contributed by atoms with van der Waals surface area (Å²) in [4.78, 5) is 27.3. The number of aliphatic carboxylic acids is 1. The Hall–Kier alpha value is -1.63. The summed E-state index contributed by atoms with van der Waals surface area (Å²) in [6, 6.07) is -0.473. The summed E-state index contributed by atoms with van der Waals surface area (Å²) < 4.78 is 0. The van der Waals surface area contributed by atoms with Crippen LogP contribution >= 0.6 is 11.3 Å². The maximum absolute atomic E-state index is 12.0. The van der Waals surface area contributed by atoms with Crippen molar-refractivity contribution in [3.05, 3.63) is 16.1 Å². The number of urea groups is 1. The van der Waals surface area contributed by atoms with Crippen molar-refractivity contribution in [2.75, 3.05) is 0 Å². The fourth-order valence-electron chi connectivity index (χ4n) is 2.60. The van der Waals surface area contributed by atoms with Crippen LogP contribution in [0.5, 0.6) is 0 Å². The molecule has 0 bridgehead atoms. The molecule has 0 aliphatic heterocycles. The fourth-order valence-corrected chi connectivity index (χ4v) is 3.41. The first-order chi connectivity index (χ1) is 9.95. The maximum Gasteiger partial charge on any atom is 0.315 e. The molecule has 1 aromatic rings. The topological polar surface area (TPSA) is 91.3 Å². The van der Waals surface area contributed by atoms with Crippen LogP contribution in [-0.2, 0) is 4.79 Å². The highest BCUT2D eigenvalue weighted by molar-refractivity contribution is 7.09. The molecule has 1 aromatic heterocycles. The summed E-state index contributed by atoms with van der Waals surface area (Å²) in [6.45, 7) is 3.81. The number of amides is 2. The zero-order chi connectivity index (χ0) is 15.4. The lowest BCUT2D eigenvalue weighted by atomic mass is 9.86. The Morgan fingerprint density at radius 1 is 1.48 bits per heavy atom. The molecule has 0 spiro atoms. The molecule has 1 aliphatic rings. The SMILES string of the molecule is Cc1csc(C(C)NC(=O)NC2CCCC(C(=O)O)C2)n1. The fraction of sp³-hybridized carbons (Fsp3) is 0.643. The molecule has 21 heavy (non-hydrogen) atoms. The van der Waals surface area contributed by atoms with E-state index in [1.165, 1.54) is 11.3 Å². The molecular weight excluding hydrogens is 290 g/mol. The van der Waals surface area contributed by atoms with Gasteiger partial charge in [0.05, 0.1) is 12.0 Å². The Morgan fingerprint density at radius 3 is 2.86 bits per heavy atom. The summed E-state index contributed by atoms with van der Waals surface area (Å²) in [5.74, 6) is -1.11. The normalized spacial score (nSPS) is 23.3. The van der Waals surface area contributed by atoms with Crippen molar-refractivity contribution in [2.45, 2.75) is 51.6 Å². The molecule has 2 amide bonds. The van der Waals surface area contributed by atoms with Crippen LogP contribution < -0.4 is 10.6 Å². The van der Waals surface area contributed by atoms with E-state index in [0.717, 1.165) is 23.5 Å². The van der Waals surface area contributed by atoms with Gasteiger partial charge in [0.15, 0.2) is 0 Å². The average molecular weight is 311 g/mol. The van der Waals surface area contributed by atoms with Gasteiger partial charge in [-0.05, 0) is 33.1 Å². The number of hydrogen-bond acceptors (Lipinski definition) is 4. The van der Waals surface area contributed by atoms with Gasteiger partial charge in [0.1, 0.15) is 5.01 Å². The summed E-state index contributed by atoms with van der Waals surface area (Å²) in [6.07, 6.45) is 2.88. The van der Waals surface area contributed by atoms with Gasteiger partial charge in [-0.3, -0.25) is 4.79 Å². The van der Waals surface area contributed by atoms with Crippen molar-refractivity contribution < 1.29 is 14.7 Å². The van der Waals surface area contributed by atoms with Gasteiger partial charge in [-0.2, -0.15) is 0 Å². The minimum absolute atomic E-state index is 0.0647. The first-order valence-corrected chi connectivity index (χ1v) is 8.05. The molecule has 1 saturated carbocycles. The third-order valence-electron chi connectivity index (χ3n) is 3.71. The molecular formula is C14H21N3O3S. The van der Waals surface area contributed by atoms with Crippen LogP contribution in [0.15, 0.2) is 5.38 Å². The van der Waals surface area contributed by atoms with E-state index < -0.39 is 5.97 Å². The molecule has 0 radical (unpaired) electrons. The second-order valence-corrected chi connectivity index (χ2v) is 6.45. The van der Waals surface area contributed by atoms with Crippen molar-refractivity contribution in [2.24, 2.45) is 5.92 Å². The van der Waals surface area contributed by atoms with Crippen molar-refractivity contribution in [3.63, 3.8) is 0 Å². The van der Waals surface area contributed by atoms with E-state index in [0.29, 0.717) is 12.8 Å². The van der Waals surface area contributed by atoms with Gasteiger partial charge in [-0.15, -0.1) is 11.3 Å². The highest BCUT2D eigenvalue weighted by Crippen LogP contribution is 2.24. The third-order valence-corrected chi connectivity index (χ3v) is 4.86. The Morgan fingerprint density at radius 2 is 2.24 bits per heavy atom. The largest absolute Gasteiger partial charge is 0.481 e. The first-order valence-electron chi connectivity index (χ1n) is 7.17. The molecule has 2 rings (SSSR count). The van der Waals surface area contributed by atoms with Crippen molar-refractivity contribution in [1.82, 2.24) is 15.6 Å². The van der Waals surface area contributed by atoms with Crippen molar-refractivity contribution in [3.8, 4) is 0 Å². The molecule has 0 saturated heterocycles. The number of carboxylic acid groups (broad SMARTS) is 1. The number of carbonyl (C=O) groups excluding carboxylic acids is 1. The van der Waals surface area contributed by atoms with Crippen LogP contribution in [-0.4, -0.2) is 28.1 Å². The number of rotatable bonds is 4. The Labute approximate surface area is 128 Å². The van der Waals surface area contributed by atoms with Crippen LogP contribution in [0.1, 0.15) is 49.4 Å². The molecule has 7 heteroatoms. The Bertz CT molecular complexity index is 517. The molecule has 1 heterocycles. The predicted molar refractivity (Wildman–Crippen MR) is 80.3 cm³/mol. The smallest absolute Gasteiger partial charge is 0.315 e. The minimum Gasteiger partial charge on any atom is -0.481 e. The summed E-state index contributed by atoms with van der Waals surface area (Å²) in [5.41, 5.74) is 0.945. The van der Waals surface area contributed by atoms with E-state index in [1.807, 2.05) is 19.2 Å². The lowest BCUT2D eigenvalue weighted by Crippen LogP contribution is -2.45. The van der Waals surface area contributed by atoms with E-state index in [-0.39, 0.29) is 24.0 Å². The summed E-state index contributed by atoms with van der Waals surface area (Å²) in [5, 5.41) is 17.6. The number of nitrogens with one attached hydrogen (secondary N) is 2. The summed E-state index contributed by atoms with van der Waals surface area (Å²) >= 11 is 1.52. The van der Waals surface area contributed by atoms with E-state index in [4.69, 9.17) is 5.11 Å². The Kier molecular flexibility index (Phi) is 5.17. The van der Waals surface area contributed by atoms with E-state index in [1.54, 1.807) is 0 Å². The van der Waals surface area contributed by atoms with Crippen molar-refractivity contribution >= 4 is 23.3 Å². The number of nitrogens with zero attached hydrogens (tertiary/aromatic N) is 1. The second kappa shape index (κ2) is 6.89. The highest BCUT2D eigenvalue weighted by atomic mass is 32.1. The molecule has 3 N–H and O–H groups in total. The number of aryl methyl sites for hydroxylation is 1. The third kappa shape index (κ3) is 4.42. The number of thiazole rings is 1. The molecule has 1 fully saturated rings. The Balaban J connectivity index is 1.82. The number of aromatic nitrogens is 1. The molecule has 3 atom stereocenters. The van der Waals surface area contributed by atoms with Crippen LogP contribution in [0.4, 0.5) is 4.79 Å². The van der Waals surface area contributed by atoms with Gasteiger partial charge in [0.25, 0.3) is 0 Å². The molecule has 1 aliphatic carbocycles. The van der Waals surface area contributed by atoms with Gasteiger partial charge < -0.3 is 15.7 Å². The standard InChI is InChI=1S/C14H21N3O3S/c1-8-7-21-12(15-8)9(2)16-14(20)17-11-5-3-4-10(6-11)13(18)19/h7,9-11H,3-6H2,1-2H3,(H,18,19)(H2,16,17,20). The molecule has 3 unspecified atom stereocenters. The van der Waals surface area contributed by atoms with Gasteiger partial charge in [-0.25, -0.2) is 9.78 Å². The van der Waals surface area contributed by atoms with Gasteiger partial charge in [-0.1, -0.05) is 6.42 Å².